The van der Waals surface area contributed by atoms with Crippen molar-refractivity contribution in [3.05, 3.63) is 87.2 Å². The predicted molar refractivity (Wildman–Crippen MR) is 118 cm³/mol. The maximum Gasteiger partial charge on any atom is 0.416 e. The van der Waals surface area contributed by atoms with Crippen molar-refractivity contribution in [1.82, 2.24) is 9.99 Å². The zero-order valence-corrected chi connectivity index (χ0v) is 18.3. The number of aryl methyl sites for hydroxylation is 1. The largest absolute Gasteiger partial charge is 0.478 e. The van der Waals surface area contributed by atoms with Gasteiger partial charge < -0.3 is 9.67 Å². The van der Waals surface area contributed by atoms with Gasteiger partial charge in [0.05, 0.1) is 28.8 Å². The number of carbonyl (C=O) groups excluding carboxylic acids is 1. The third-order valence-electron chi connectivity index (χ3n) is 4.92. The van der Waals surface area contributed by atoms with E-state index in [1.165, 1.54) is 24.4 Å². The summed E-state index contributed by atoms with van der Waals surface area (Å²) in [5.74, 6) is -1.68. The Hall–Kier alpha value is -3.59. The van der Waals surface area contributed by atoms with Gasteiger partial charge in [-0.3, -0.25) is 4.79 Å². The SMILES string of the molecule is Cc1cc(/C=N/NC(=O)Cc2cccc(C(F)(F)F)c2)c(C)n1-c1ccc(C(=O)O)c(Cl)c1. The van der Waals surface area contributed by atoms with Crippen LogP contribution in [-0.2, 0) is 17.4 Å². The van der Waals surface area contributed by atoms with Gasteiger partial charge in [-0.05, 0) is 49.7 Å². The van der Waals surface area contributed by atoms with Crippen LogP contribution in [0.3, 0.4) is 0 Å². The van der Waals surface area contributed by atoms with E-state index < -0.39 is 23.6 Å². The van der Waals surface area contributed by atoms with Crippen LogP contribution >= 0.6 is 11.6 Å². The van der Waals surface area contributed by atoms with Crippen LogP contribution in [0.1, 0.15) is 38.4 Å². The van der Waals surface area contributed by atoms with Gasteiger partial charge in [-0.15, -0.1) is 0 Å². The molecule has 2 aromatic carbocycles. The predicted octanol–water partition coefficient (Wildman–Crippen LogP) is 5.16. The van der Waals surface area contributed by atoms with E-state index in [9.17, 15) is 22.8 Å². The fraction of sp³-hybridized carbons (Fsp3) is 0.174. The standard InChI is InChI=1S/C23H19ClF3N3O3/c1-13-8-16(14(2)30(13)18-6-7-19(22(32)33)20(24)11-18)12-28-29-21(31)10-15-4-3-5-17(9-15)23(25,26)27/h3-9,11-12H,10H2,1-2H3,(H,29,31)(H,32,33)/b28-12+. The van der Waals surface area contributed by atoms with E-state index in [-0.39, 0.29) is 22.6 Å². The number of rotatable bonds is 6. The highest BCUT2D eigenvalue weighted by molar-refractivity contribution is 6.33. The smallest absolute Gasteiger partial charge is 0.416 e. The van der Waals surface area contributed by atoms with Crippen LogP contribution in [0.25, 0.3) is 5.69 Å². The molecule has 0 aliphatic heterocycles. The molecule has 0 spiro atoms. The first-order valence-electron chi connectivity index (χ1n) is 9.67. The van der Waals surface area contributed by atoms with Crippen LogP contribution < -0.4 is 5.43 Å². The molecule has 2 N–H and O–H groups in total. The number of halogens is 4. The van der Waals surface area contributed by atoms with E-state index in [1.807, 2.05) is 24.5 Å². The van der Waals surface area contributed by atoms with Gasteiger partial charge in [-0.1, -0.05) is 29.8 Å². The summed E-state index contributed by atoms with van der Waals surface area (Å²) in [6.45, 7) is 3.66. The monoisotopic (exact) mass is 477 g/mol. The van der Waals surface area contributed by atoms with Crippen LogP contribution in [0.5, 0.6) is 0 Å². The summed E-state index contributed by atoms with van der Waals surface area (Å²) in [6, 6.07) is 11.0. The lowest BCUT2D eigenvalue weighted by molar-refractivity contribution is -0.137. The zero-order valence-electron chi connectivity index (χ0n) is 17.6. The molecule has 6 nitrogen and oxygen atoms in total. The molecule has 3 aromatic rings. The summed E-state index contributed by atoms with van der Waals surface area (Å²) in [4.78, 5) is 23.3. The van der Waals surface area contributed by atoms with Crippen molar-refractivity contribution in [2.45, 2.75) is 26.4 Å². The van der Waals surface area contributed by atoms with Crippen molar-refractivity contribution >= 4 is 29.7 Å². The topological polar surface area (TPSA) is 83.7 Å². The molecule has 0 aliphatic rings. The molecule has 10 heteroatoms. The number of benzene rings is 2. The van der Waals surface area contributed by atoms with Gasteiger partial charge in [0.2, 0.25) is 5.91 Å². The third kappa shape index (κ3) is 5.61. The number of nitrogens with zero attached hydrogens (tertiary/aromatic N) is 2. The fourth-order valence-corrected chi connectivity index (χ4v) is 3.64. The van der Waals surface area contributed by atoms with Crippen molar-refractivity contribution in [2.75, 3.05) is 0 Å². The summed E-state index contributed by atoms with van der Waals surface area (Å²) in [7, 11) is 0. The minimum Gasteiger partial charge on any atom is -0.478 e. The molecular formula is C23H19ClF3N3O3. The molecule has 0 bridgehead atoms. The van der Waals surface area contributed by atoms with Crippen molar-refractivity contribution in [3.63, 3.8) is 0 Å². The molecule has 1 amide bonds. The van der Waals surface area contributed by atoms with E-state index in [4.69, 9.17) is 16.7 Å². The summed E-state index contributed by atoms with van der Waals surface area (Å²) in [5.41, 5.74) is 4.65. The average molecular weight is 478 g/mol. The molecule has 1 heterocycles. The molecule has 0 fully saturated rings. The second kappa shape index (κ2) is 9.50. The number of alkyl halides is 3. The Morgan fingerprint density at radius 1 is 1.15 bits per heavy atom. The number of nitrogens with one attached hydrogen (secondary N) is 1. The maximum absolute atomic E-state index is 12.8. The van der Waals surface area contributed by atoms with Crippen molar-refractivity contribution < 1.29 is 27.9 Å². The first-order chi connectivity index (χ1) is 15.5. The number of amides is 1. The summed E-state index contributed by atoms with van der Waals surface area (Å²) < 4.78 is 40.3. The Labute approximate surface area is 192 Å². The molecule has 0 saturated carbocycles. The molecule has 172 valence electrons. The molecule has 0 atom stereocenters. The number of aromatic carboxylic acids is 1. The van der Waals surface area contributed by atoms with Gasteiger partial charge in [0.1, 0.15) is 0 Å². The minimum absolute atomic E-state index is 0.00634. The first-order valence-corrected chi connectivity index (χ1v) is 10.1. The second-order valence-electron chi connectivity index (χ2n) is 7.30. The van der Waals surface area contributed by atoms with E-state index >= 15 is 0 Å². The first kappa shape index (κ1) is 24.1. The van der Waals surface area contributed by atoms with Crippen LogP contribution in [0, 0.1) is 13.8 Å². The second-order valence-corrected chi connectivity index (χ2v) is 7.71. The lowest BCUT2D eigenvalue weighted by Crippen LogP contribution is -2.20. The van der Waals surface area contributed by atoms with Gasteiger partial charge >= 0.3 is 12.1 Å². The lowest BCUT2D eigenvalue weighted by atomic mass is 10.1. The molecule has 0 unspecified atom stereocenters. The number of hydrazone groups is 1. The van der Waals surface area contributed by atoms with Crippen molar-refractivity contribution in [1.29, 1.82) is 0 Å². The Bertz CT molecular complexity index is 1250. The van der Waals surface area contributed by atoms with Gasteiger partial charge in [-0.2, -0.15) is 18.3 Å². The number of carboxylic acids is 1. The molecular weight excluding hydrogens is 459 g/mol. The van der Waals surface area contributed by atoms with Gasteiger partial charge in [0.25, 0.3) is 0 Å². The van der Waals surface area contributed by atoms with Gasteiger partial charge in [0.15, 0.2) is 0 Å². The average Bonchev–Trinajstić information content (AvgIpc) is 3.00. The van der Waals surface area contributed by atoms with Crippen LogP contribution in [0.2, 0.25) is 5.02 Å². The molecule has 1 aromatic heterocycles. The number of hydrogen-bond donors (Lipinski definition) is 2. The normalized spacial score (nSPS) is 11.7. The molecule has 0 aliphatic carbocycles. The fourth-order valence-electron chi connectivity index (χ4n) is 3.39. The Balaban J connectivity index is 1.72. The highest BCUT2D eigenvalue weighted by Crippen LogP contribution is 2.29. The van der Waals surface area contributed by atoms with E-state index in [2.05, 4.69) is 10.5 Å². The van der Waals surface area contributed by atoms with Crippen LogP contribution in [-0.4, -0.2) is 27.8 Å². The molecule has 0 radical (unpaired) electrons. The lowest BCUT2D eigenvalue weighted by Gasteiger charge is -2.11. The van der Waals surface area contributed by atoms with E-state index in [1.54, 1.807) is 12.1 Å². The number of carbonyl (C=O) groups is 2. The summed E-state index contributed by atoms with van der Waals surface area (Å²) in [5, 5.41) is 13.1. The Morgan fingerprint density at radius 3 is 2.52 bits per heavy atom. The Kier molecular flexibility index (Phi) is 6.92. The number of hydrogen-bond acceptors (Lipinski definition) is 3. The molecule has 0 saturated heterocycles. The van der Waals surface area contributed by atoms with Crippen molar-refractivity contribution in [2.24, 2.45) is 5.10 Å². The minimum atomic E-state index is -4.48. The van der Waals surface area contributed by atoms with E-state index in [0.29, 0.717) is 11.3 Å². The highest BCUT2D eigenvalue weighted by atomic mass is 35.5. The zero-order chi connectivity index (χ0) is 24.3. The van der Waals surface area contributed by atoms with Crippen molar-refractivity contribution in [3.8, 4) is 5.69 Å². The molecule has 3 rings (SSSR count). The summed E-state index contributed by atoms with van der Waals surface area (Å²) >= 11 is 6.08. The van der Waals surface area contributed by atoms with Gasteiger partial charge in [-0.25, -0.2) is 10.2 Å². The number of carboxylic acid groups (broad SMARTS) is 1. The maximum atomic E-state index is 12.8. The highest BCUT2D eigenvalue weighted by Gasteiger charge is 2.30. The molecule has 33 heavy (non-hydrogen) atoms. The summed E-state index contributed by atoms with van der Waals surface area (Å²) in [6.07, 6.45) is -3.31. The van der Waals surface area contributed by atoms with Crippen LogP contribution in [0.4, 0.5) is 13.2 Å². The quantitative estimate of drug-likeness (QED) is 0.380. The van der Waals surface area contributed by atoms with Crippen LogP contribution in [0.15, 0.2) is 53.6 Å². The van der Waals surface area contributed by atoms with Gasteiger partial charge in [0, 0.05) is 22.6 Å². The third-order valence-corrected chi connectivity index (χ3v) is 5.24. The Morgan fingerprint density at radius 2 is 1.88 bits per heavy atom. The number of aromatic nitrogens is 1. The van der Waals surface area contributed by atoms with E-state index in [0.717, 1.165) is 23.5 Å².